The molecule has 2 amide bonds. The van der Waals surface area contributed by atoms with Crippen LogP contribution in [0.5, 0.6) is 0 Å². The molecule has 1 atom stereocenters. The first-order valence-corrected chi connectivity index (χ1v) is 12.6. The van der Waals surface area contributed by atoms with Crippen molar-refractivity contribution >= 4 is 21.8 Å². The van der Waals surface area contributed by atoms with Gasteiger partial charge in [-0.15, -0.1) is 0 Å². The molecule has 0 bridgehead atoms. The van der Waals surface area contributed by atoms with Crippen LogP contribution >= 0.6 is 0 Å². The van der Waals surface area contributed by atoms with Gasteiger partial charge in [0.25, 0.3) is 0 Å². The van der Waals surface area contributed by atoms with E-state index in [-0.39, 0.29) is 23.0 Å². The predicted molar refractivity (Wildman–Crippen MR) is 123 cm³/mol. The number of hydrogen-bond donors (Lipinski definition) is 2. The smallest absolute Gasteiger partial charge is 0.309 e. The maximum atomic E-state index is 13.6. The van der Waals surface area contributed by atoms with E-state index in [0.717, 1.165) is 24.5 Å². The lowest BCUT2D eigenvalue weighted by Gasteiger charge is -2.34. The van der Waals surface area contributed by atoms with E-state index in [4.69, 9.17) is 0 Å². The lowest BCUT2D eigenvalue weighted by atomic mass is 10.0. The number of amides is 2. The van der Waals surface area contributed by atoms with Gasteiger partial charge < -0.3 is 10.6 Å². The van der Waals surface area contributed by atoms with E-state index in [0.29, 0.717) is 32.4 Å². The summed E-state index contributed by atoms with van der Waals surface area (Å²) in [6.07, 6.45) is 3.30. The molecule has 2 aromatic carbocycles. The average molecular weight is 476 g/mol. The molecule has 0 aromatic heterocycles. The molecule has 2 aromatic rings. The van der Waals surface area contributed by atoms with Gasteiger partial charge in [0.2, 0.25) is 10.0 Å². The first kappa shape index (κ1) is 24.9. The van der Waals surface area contributed by atoms with Crippen molar-refractivity contribution in [1.29, 1.82) is 0 Å². The fraction of sp³-hybridized carbons (Fsp3) is 0.417. The third-order valence-electron chi connectivity index (χ3n) is 5.82. The van der Waals surface area contributed by atoms with Crippen LogP contribution in [0.2, 0.25) is 0 Å². The molecule has 0 unspecified atom stereocenters. The van der Waals surface area contributed by atoms with Crippen LogP contribution in [0.25, 0.3) is 0 Å². The van der Waals surface area contributed by atoms with Gasteiger partial charge in [0.1, 0.15) is 5.82 Å². The monoisotopic (exact) mass is 475 g/mol. The third kappa shape index (κ3) is 6.61. The van der Waals surface area contributed by atoms with E-state index >= 15 is 0 Å². The first-order chi connectivity index (χ1) is 15.8. The van der Waals surface area contributed by atoms with Gasteiger partial charge in [-0.3, -0.25) is 9.59 Å². The van der Waals surface area contributed by atoms with Gasteiger partial charge in [-0.2, -0.15) is 4.31 Å². The number of nitrogens with one attached hydrogen (secondary N) is 2. The van der Waals surface area contributed by atoms with Gasteiger partial charge in [0.05, 0.1) is 4.90 Å². The molecule has 0 radical (unpaired) electrons. The quantitative estimate of drug-likeness (QED) is 0.574. The highest BCUT2D eigenvalue weighted by atomic mass is 32.2. The van der Waals surface area contributed by atoms with Crippen molar-refractivity contribution in [2.75, 3.05) is 19.6 Å². The molecule has 9 heteroatoms. The molecule has 178 valence electrons. The standard InChI is InChI=1S/C24H30FN3O4S/c1-18-17-21(10-11-22(18)25)33(31,32)28-16-6-5-9-20(28)13-15-27-24(30)23(29)26-14-12-19-7-3-2-4-8-19/h2-4,7-8,10-11,17,20H,5-6,9,12-16H2,1H3,(H,26,29)(H,27,30)/t20-/m0/s1. The maximum absolute atomic E-state index is 13.6. The summed E-state index contributed by atoms with van der Waals surface area (Å²) in [5, 5.41) is 5.18. The van der Waals surface area contributed by atoms with E-state index in [1.54, 1.807) is 0 Å². The largest absolute Gasteiger partial charge is 0.348 e. The zero-order valence-electron chi connectivity index (χ0n) is 18.7. The number of carbonyl (C=O) groups excluding carboxylic acids is 2. The molecular weight excluding hydrogens is 445 g/mol. The van der Waals surface area contributed by atoms with E-state index in [1.165, 1.54) is 23.4 Å². The van der Waals surface area contributed by atoms with Crippen LogP contribution in [0.3, 0.4) is 0 Å². The van der Waals surface area contributed by atoms with Crippen molar-refractivity contribution in [1.82, 2.24) is 14.9 Å². The lowest BCUT2D eigenvalue weighted by molar-refractivity contribution is -0.139. The number of benzene rings is 2. The zero-order valence-corrected chi connectivity index (χ0v) is 19.5. The van der Waals surface area contributed by atoms with Crippen LogP contribution in [0, 0.1) is 12.7 Å². The van der Waals surface area contributed by atoms with E-state index in [9.17, 15) is 22.4 Å². The van der Waals surface area contributed by atoms with E-state index < -0.39 is 27.7 Å². The number of rotatable bonds is 8. The molecule has 1 aliphatic heterocycles. The van der Waals surface area contributed by atoms with Crippen molar-refractivity contribution in [3.8, 4) is 0 Å². The first-order valence-electron chi connectivity index (χ1n) is 11.2. The summed E-state index contributed by atoms with van der Waals surface area (Å²) in [6, 6.07) is 13.1. The number of nitrogens with zero attached hydrogens (tertiary/aromatic N) is 1. The van der Waals surface area contributed by atoms with Crippen LogP contribution in [-0.2, 0) is 26.0 Å². The molecule has 1 fully saturated rings. The summed E-state index contributed by atoms with van der Waals surface area (Å²) in [6.45, 7) is 2.44. The topological polar surface area (TPSA) is 95.6 Å². The van der Waals surface area contributed by atoms with Gasteiger partial charge in [-0.1, -0.05) is 36.8 Å². The summed E-state index contributed by atoms with van der Waals surface area (Å²) in [4.78, 5) is 24.2. The molecular formula is C24H30FN3O4S. The van der Waals surface area contributed by atoms with Crippen LogP contribution in [-0.4, -0.2) is 50.2 Å². The summed E-state index contributed by atoms with van der Waals surface area (Å²) < 4.78 is 41.3. The Labute approximate surface area is 194 Å². The molecule has 0 aliphatic carbocycles. The number of aryl methyl sites for hydroxylation is 1. The number of hydrogen-bond acceptors (Lipinski definition) is 4. The van der Waals surface area contributed by atoms with Crippen molar-refractivity contribution in [3.05, 3.63) is 65.5 Å². The zero-order chi connectivity index (χ0) is 23.8. The summed E-state index contributed by atoms with van der Waals surface area (Å²) >= 11 is 0. The number of carbonyl (C=O) groups is 2. The molecule has 2 N–H and O–H groups in total. The Hall–Kier alpha value is -2.78. The molecule has 0 saturated carbocycles. The normalized spacial score (nSPS) is 16.8. The molecule has 0 spiro atoms. The van der Waals surface area contributed by atoms with Crippen LogP contribution < -0.4 is 10.6 Å². The average Bonchev–Trinajstić information content (AvgIpc) is 2.81. The second-order valence-corrected chi connectivity index (χ2v) is 10.1. The SMILES string of the molecule is Cc1cc(S(=O)(=O)N2CCCC[C@H]2CCNC(=O)C(=O)NCCc2ccccc2)ccc1F. The molecule has 1 aliphatic rings. The Morgan fingerprint density at radius 1 is 1.03 bits per heavy atom. The minimum absolute atomic E-state index is 0.0649. The maximum Gasteiger partial charge on any atom is 0.309 e. The summed E-state index contributed by atoms with van der Waals surface area (Å²) in [5.41, 5.74) is 1.34. The third-order valence-corrected chi connectivity index (χ3v) is 7.77. The Kier molecular flexibility index (Phi) is 8.57. The summed E-state index contributed by atoms with van der Waals surface area (Å²) in [7, 11) is -3.78. The second-order valence-electron chi connectivity index (χ2n) is 8.21. The Bertz CT molecular complexity index is 1080. The van der Waals surface area contributed by atoms with Crippen molar-refractivity contribution in [3.63, 3.8) is 0 Å². The van der Waals surface area contributed by atoms with Crippen molar-refractivity contribution in [2.24, 2.45) is 0 Å². The molecule has 7 nitrogen and oxygen atoms in total. The summed E-state index contributed by atoms with van der Waals surface area (Å²) in [5.74, 6) is -1.89. The molecule has 33 heavy (non-hydrogen) atoms. The van der Waals surface area contributed by atoms with Gasteiger partial charge in [0, 0.05) is 25.7 Å². The molecule has 1 saturated heterocycles. The van der Waals surface area contributed by atoms with Crippen LogP contribution in [0.4, 0.5) is 4.39 Å². The Balaban J connectivity index is 1.51. The second kappa shape index (κ2) is 11.4. The fourth-order valence-electron chi connectivity index (χ4n) is 3.97. The van der Waals surface area contributed by atoms with Crippen molar-refractivity contribution in [2.45, 2.75) is 50.0 Å². The number of halogens is 1. The van der Waals surface area contributed by atoms with Gasteiger partial charge in [-0.25, -0.2) is 12.8 Å². The highest BCUT2D eigenvalue weighted by molar-refractivity contribution is 7.89. The van der Waals surface area contributed by atoms with Gasteiger partial charge in [-0.05, 0) is 61.9 Å². The van der Waals surface area contributed by atoms with Crippen LogP contribution in [0.15, 0.2) is 53.4 Å². The Morgan fingerprint density at radius 3 is 2.42 bits per heavy atom. The molecule has 1 heterocycles. The van der Waals surface area contributed by atoms with Gasteiger partial charge in [0.15, 0.2) is 0 Å². The minimum atomic E-state index is -3.78. The number of piperidine rings is 1. The molecule has 3 rings (SSSR count). The van der Waals surface area contributed by atoms with E-state index in [1.807, 2.05) is 30.3 Å². The van der Waals surface area contributed by atoms with Crippen LogP contribution in [0.1, 0.15) is 36.8 Å². The lowest BCUT2D eigenvalue weighted by Crippen LogP contribution is -2.46. The van der Waals surface area contributed by atoms with Crippen molar-refractivity contribution < 1.29 is 22.4 Å². The Morgan fingerprint density at radius 2 is 1.73 bits per heavy atom. The highest BCUT2D eigenvalue weighted by Gasteiger charge is 2.33. The number of sulfonamides is 1. The highest BCUT2D eigenvalue weighted by Crippen LogP contribution is 2.27. The van der Waals surface area contributed by atoms with E-state index in [2.05, 4.69) is 10.6 Å². The predicted octanol–water partition coefficient (Wildman–Crippen LogP) is 2.54. The van der Waals surface area contributed by atoms with Gasteiger partial charge >= 0.3 is 11.8 Å². The fourth-order valence-corrected chi connectivity index (χ4v) is 5.78. The minimum Gasteiger partial charge on any atom is -0.348 e.